The first-order chi connectivity index (χ1) is 15.0. The molecule has 2 saturated heterocycles. The highest BCUT2D eigenvalue weighted by Crippen LogP contribution is 2.33. The Labute approximate surface area is 188 Å². The van der Waals surface area contributed by atoms with Crippen LogP contribution in [0.1, 0.15) is 63.0 Å². The average molecular weight is 428 g/mol. The van der Waals surface area contributed by atoms with E-state index in [1.54, 1.807) is 0 Å². The highest BCUT2D eigenvalue weighted by atomic mass is 16.5. The minimum Gasteiger partial charge on any atom is -0.381 e. The van der Waals surface area contributed by atoms with Crippen molar-refractivity contribution in [2.75, 3.05) is 46.4 Å². The Morgan fingerprint density at radius 1 is 1.03 bits per heavy atom. The Hall–Kier alpha value is -1.43. The van der Waals surface area contributed by atoms with E-state index in [0.29, 0.717) is 29.8 Å². The van der Waals surface area contributed by atoms with Crippen molar-refractivity contribution in [3.05, 3.63) is 35.4 Å². The SMILES string of the molecule is CC(C)c1ccc(CN(C)CCN(C2CCOCC2)C2CCN(C(=O)C3CC3)C2)cc1. The molecule has 172 valence electrons. The first-order valence-corrected chi connectivity index (χ1v) is 12.4. The molecule has 0 aromatic heterocycles. The molecule has 0 spiro atoms. The molecular formula is C26H41N3O2. The summed E-state index contributed by atoms with van der Waals surface area (Å²) in [6, 6.07) is 10.2. The molecule has 0 N–H and O–H groups in total. The lowest BCUT2D eigenvalue weighted by Crippen LogP contribution is -2.49. The Balaban J connectivity index is 1.33. The van der Waals surface area contributed by atoms with E-state index < -0.39 is 0 Å². The fourth-order valence-corrected chi connectivity index (χ4v) is 5.17. The second kappa shape index (κ2) is 10.5. The van der Waals surface area contributed by atoms with E-state index >= 15 is 0 Å². The number of hydrogen-bond acceptors (Lipinski definition) is 4. The van der Waals surface area contributed by atoms with Gasteiger partial charge in [-0.1, -0.05) is 38.1 Å². The largest absolute Gasteiger partial charge is 0.381 e. The van der Waals surface area contributed by atoms with Crippen molar-refractivity contribution in [1.29, 1.82) is 0 Å². The molecule has 3 aliphatic rings. The number of likely N-dealkylation sites (N-methyl/N-ethyl adjacent to an activating group) is 1. The number of likely N-dealkylation sites (tertiary alicyclic amines) is 1. The molecule has 1 aromatic carbocycles. The number of nitrogens with zero attached hydrogens (tertiary/aromatic N) is 3. The van der Waals surface area contributed by atoms with Gasteiger partial charge in [-0.05, 0) is 56.2 Å². The van der Waals surface area contributed by atoms with E-state index in [-0.39, 0.29) is 0 Å². The zero-order valence-electron chi connectivity index (χ0n) is 19.8. The van der Waals surface area contributed by atoms with Crippen molar-refractivity contribution in [3.63, 3.8) is 0 Å². The number of amides is 1. The van der Waals surface area contributed by atoms with Crippen LogP contribution in [0.2, 0.25) is 0 Å². The molecule has 0 radical (unpaired) electrons. The summed E-state index contributed by atoms with van der Waals surface area (Å²) in [6.07, 6.45) is 5.57. The maximum absolute atomic E-state index is 12.6. The Kier molecular flexibility index (Phi) is 7.68. The van der Waals surface area contributed by atoms with Crippen LogP contribution in [0.4, 0.5) is 0 Å². The van der Waals surface area contributed by atoms with E-state index in [0.717, 1.165) is 78.0 Å². The zero-order valence-corrected chi connectivity index (χ0v) is 19.8. The van der Waals surface area contributed by atoms with Crippen LogP contribution >= 0.6 is 0 Å². The summed E-state index contributed by atoms with van der Waals surface area (Å²) in [7, 11) is 2.23. The van der Waals surface area contributed by atoms with E-state index in [4.69, 9.17) is 4.74 Å². The van der Waals surface area contributed by atoms with Gasteiger partial charge < -0.3 is 14.5 Å². The normalized spacial score (nSPS) is 22.8. The minimum absolute atomic E-state index is 0.337. The van der Waals surface area contributed by atoms with Gasteiger partial charge in [-0.25, -0.2) is 0 Å². The van der Waals surface area contributed by atoms with Crippen LogP contribution in [-0.4, -0.2) is 79.1 Å². The number of ether oxygens (including phenoxy) is 1. The van der Waals surface area contributed by atoms with Gasteiger partial charge in [0.2, 0.25) is 5.91 Å². The number of rotatable bonds is 9. The van der Waals surface area contributed by atoms with Crippen LogP contribution in [0.5, 0.6) is 0 Å². The topological polar surface area (TPSA) is 36.0 Å². The fraction of sp³-hybridized carbons (Fsp3) is 0.731. The molecular weight excluding hydrogens is 386 g/mol. The highest BCUT2D eigenvalue weighted by molar-refractivity contribution is 5.81. The summed E-state index contributed by atoms with van der Waals surface area (Å²) in [5.41, 5.74) is 2.79. The zero-order chi connectivity index (χ0) is 21.8. The van der Waals surface area contributed by atoms with Gasteiger partial charge in [0.05, 0.1) is 0 Å². The van der Waals surface area contributed by atoms with Gasteiger partial charge in [-0.2, -0.15) is 0 Å². The summed E-state index contributed by atoms with van der Waals surface area (Å²) < 4.78 is 5.64. The summed E-state index contributed by atoms with van der Waals surface area (Å²) in [5.74, 6) is 1.33. The quantitative estimate of drug-likeness (QED) is 0.602. The molecule has 1 unspecified atom stereocenters. The Morgan fingerprint density at radius 2 is 1.74 bits per heavy atom. The van der Waals surface area contributed by atoms with Crippen molar-refractivity contribution >= 4 is 5.91 Å². The molecule has 1 saturated carbocycles. The van der Waals surface area contributed by atoms with Gasteiger partial charge in [0, 0.05) is 63.9 Å². The van der Waals surface area contributed by atoms with E-state index in [1.165, 1.54) is 11.1 Å². The standard InChI is InChI=1S/C26H41N3O2/c1-20(2)22-6-4-21(5-7-22)18-27(3)14-15-29(24-11-16-31-17-12-24)25-10-13-28(19-25)26(30)23-8-9-23/h4-7,20,23-25H,8-19H2,1-3H3. The second-order valence-electron chi connectivity index (χ2n) is 10.2. The highest BCUT2D eigenvalue weighted by Gasteiger charge is 2.39. The predicted octanol–water partition coefficient (Wildman–Crippen LogP) is 3.73. The predicted molar refractivity (Wildman–Crippen MR) is 125 cm³/mol. The molecule has 5 heteroatoms. The smallest absolute Gasteiger partial charge is 0.225 e. The van der Waals surface area contributed by atoms with Gasteiger partial charge in [0.15, 0.2) is 0 Å². The lowest BCUT2D eigenvalue weighted by molar-refractivity contribution is -0.131. The van der Waals surface area contributed by atoms with Gasteiger partial charge in [-0.15, -0.1) is 0 Å². The molecule has 0 bridgehead atoms. The molecule has 1 aliphatic carbocycles. The summed E-state index contributed by atoms with van der Waals surface area (Å²) >= 11 is 0. The number of carbonyl (C=O) groups excluding carboxylic acids is 1. The van der Waals surface area contributed by atoms with Crippen molar-refractivity contribution in [2.45, 2.75) is 70.5 Å². The van der Waals surface area contributed by atoms with E-state index in [1.807, 2.05) is 0 Å². The third-order valence-corrected chi connectivity index (χ3v) is 7.37. The van der Waals surface area contributed by atoms with Crippen LogP contribution in [-0.2, 0) is 16.1 Å². The lowest BCUT2D eigenvalue weighted by atomic mass is 10.0. The molecule has 1 amide bonds. The maximum atomic E-state index is 12.6. The molecule has 2 heterocycles. The van der Waals surface area contributed by atoms with Crippen molar-refractivity contribution in [1.82, 2.24) is 14.7 Å². The molecule has 1 atom stereocenters. The Bertz CT molecular complexity index is 710. The summed E-state index contributed by atoms with van der Waals surface area (Å²) in [5, 5.41) is 0. The van der Waals surface area contributed by atoms with Crippen molar-refractivity contribution < 1.29 is 9.53 Å². The molecule has 1 aromatic rings. The first-order valence-electron chi connectivity index (χ1n) is 12.4. The van der Waals surface area contributed by atoms with E-state index in [9.17, 15) is 4.79 Å². The minimum atomic E-state index is 0.337. The van der Waals surface area contributed by atoms with Crippen LogP contribution in [0.25, 0.3) is 0 Å². The summed E-state index contributed by atoms with van der Waals surface area (Å²) in [6.45, 7) is 11.2. The molecule has 5 nitrogen and oxygen atoms in total. The first kappa shape index (κ1) is 22.8. The Morgan fingerprint density at radius 3 is 2.39 bits per heavy atom. The lowest BCUT2D eigenvalue weighted by Gasteiger charge is -2.39. The monoisotopic (exact) mass is 427 g/mol. The van der Waals surface area contributed by atoms with Gasteiger partial charge in [-0.3, -0.25) is 9.69 Å². The van der Waals surface area contributed by atoms with Crippen molar-refractivity contribution in [2.24, 2.45) is 5.92 Å². The van der Waals surface area contributed by atoms with Crippen LogP contribution < -0.4 is 0 Å². The van der Waals surface area contributed by atoms with Gasteiger partial charge >= 0.3 is 0 Å². The summed E-state index contributed by atoms with van der Waals surface area (Å²) in [4.78, 5) is 19.9. The van der Waals surface area contributed by atoms with Crippen LogP contribution in [0.15, 0.2) is 24.3 Å². The van der Waals surface area contributed by atoms with Gasteiger partial charge in [0.25, 0.3) is 0 Å². The maximum Gasteiger partial charge on any atom is 0.225 e. The molecule has 31 heavy (non-hydrogen) atoms. The molecule has 2 aliphatic heterocycles. The number of carbonyl (C=O) groups is 1. The third-order valence-electron chi connectivity index (χ3n) is 7.37. The molecule has 3 fully saturated rings. The number of benzene rings is 1. The number of hydrogen-bond donors (Lipinski definition) is 0. The van der Waals surface area contributed by atoms with Gasteiger partial charge in [0.1, 0.15) is 0 Å². The fourth-order valence-electron chi connectivity index (χ4n) is 5.17. The van der Waals surface area contributed by atoms with Crippen LogP contribution in [0, 0.1) is 5.92 Å². The van der Waals surface area contributed by atoms with E-state index in [2.05, 4.69) is 59.9 Å². The average Bonchev–Trinajstić information content (AvgIpc) is 3.52. The molecule has 4 rings (SSSR count). The second-order valence-corrected chi connectivity index (χ2v) is 10.2. The third kappa shape index (κ3) is 6.09. The van der Waals surface area contributed by atoms with Crippen molar-refractivity contribution in [3.8, 4) is 0 Å². The van der Waals surface area contributed by atoms with Crippen LogP contribution in [0.3, 0.4) is 0 Å².